The van der Waals surface area contributed by atoms with Crippen molar-refractivity contribution in [3.63, 3.8) is 0 Å². The first-order chi connectivity index (χ1) is 13.9. The number of ether oxygens (including phenoxy) is 2. The molecule has 3 N–H and O–H groups in total. The third kappa shape index (κ3) is 8.22. The van der Waals surface area contributed by atoms with Crippen LogP contribution in [-0.4, -0.2) is 30.6 Å². The number of carbonyl (C=O) groups is 2. The van der Waals surface area contributed by atoms with Crippen molar-refractivity contribution in [3.8, 4) is 11.5 Å². The van der Waals surface area contributed by atoms with E-state index in [2.05, 4.69) is 48.0 Å². The maximum absolute atomic E-state index is 11.9. The minimum absolute atomic E-state index is 0.0486. The maximum atomic E-state index is 11.9. The molecule has 2 rings (SSSR count). The van der Waals surface area contributed by atoms with Gasteiger partial charge < -0.3 is 9.47 Å². The van der Waals surface area contributed by atoms with Gasteiger partial charge in [-0.15, -0.1) is 0 Å². The fourth-order valence-electron chi connectivity index (χ4n) is 1.97. The Morgan fingerprint density at radius 3 is 2.48 bits per heavy atom. The molecule has 7 nitrogen and oxygen atoms in total. The lowest BCUT2D eigenvalue weighted by molar-refractivity contribution is -0.123. The van der Waals surface area contributed by atoms with E-state index in [1.54, 1.807) is 43.5 Å². The Balaban J connectivity index is 1.71. The summed E-state index contributed by atoms with van der Waals surface area (Å²) in [5, 5.41) is 2.37. The van der Waals surface area contributed by atoms with E-state index in [0.29, 0.717) is 10.2 Å². The quantitative estimate of drug-likeness (QED) is 0.295. The summed E-state index contributed by atoms with van der Waals surface area (Å²) in [6.07, 6.45) is 2.95. The molecule has 0 aliphatic heterocycles. The van der Waals surface area contributed by atoms with Gasteiger partial charge in [0, 0.05) is 10.5 Å². The molecular formula is C19H17Br2N3O4S. The lowest BCUT2D eigenvalue weighted by Crippen LogP contribution is -2.49. The number of methoxy groups -OCH3 is 1. The molecule has 0 spiro atoms. The number of carbonyl (C=O) groups excluding carboxylic acids is 2. The van der Waals surface area contributed by atoms with Crippen LogP contribution >= 0.6 is 44.1 Å². The van der Waals surface area contributed by atoms with Gasteiger partial charge in [0.1, 0.15) is 11.5 Å². The minimum atomic E-state index is -0.467. The number of hydrogen-bond donors (Lipinski definition) is 3. The number of nitrogens with one attached hydrogen (secondary N) is 3. The summed E-state index contributed by atoms with van der Waals surface area (Å²) >= 11 is 11.6. The molecule has 0 aliphatic rings. The van der Waals surface area contributed by atoms with Gasteiger partial charge in [0.15, 0.2) is 11.7 Å². The van der Waals surface area contributed by atoms with Gasteiger partial charge in [-0.1, -0.05) is 28.1 Å². The molecule has 152 valence electrons. The molecule has 10 heteroatoms. The highest BCUT2D eigenvalue weighted by atomic mass is 79.9. The van der Waals surface area contributed by atoms with Gasteiger partial charge in [-0.2, -0.15) is 0 Å². The normalized spacial score (nSPS) is 10.3. The van der Waals surface area contributed by atoms with Gasteiger partial charge in [0.2, 0.25) is 5.91 Å². The molecule has 0 saturated heterocycles. The number of benzene rings is 2. The van der Waals surface area contributed by atoms with Gasteiger partial charge in [-0.05, 0) is 70.1 Å². The van der Waals surface area contributed by atoms with E-state index in [9.17, 15) is 9.59 Å². The second-order valence-corrected chi connectivity index (χ2v) is 7.64. The Hall–Kier alpha value is -2.43. The highest BCUT2D eigenvalue weighted by molar-refractivity contribution is 9.11. The van der Waals surface area contributed by atoms with E-state index in [1.165, 1.54) is 6.08 Å². The van der Waals surface area contributed by atoms with Crippen LogP contribution in [0.3, 0.4) is 0 Å². The van der Waals surface area contributed by atoms with Crippen LogP contribution in [0.1, 0.15) is 5.56 Å². The maximum Gasteiger partial charge on any atom is 0.276 e. The van der Waals surface area contributed by atoms with Gasteiger partial charge in [-0.3, -0.25) is 25.8 Å². The number of amides is 2. The zero-order chi connectivity index (χ0) is 21.2. The third-order valence-electron chi connectivity index (χ3n) is 3.35. The first-order valence-electron chi connectivity index (χ1n) is 8.17. The molecule has 0 fully saturated rings. The van der Waals surface area contributed by atoms with Crippen LogP contribution in [0.2, 0.25) is 0 Å². The van der Waals surface area contributed by atoms with Crippen molar-refractivity contribution >= 4 is 67.1 Å². The van der Waals surface area contributed by atoms with Crippen LogP contribution in [0, 0.1) is 0 Å². The average molecular weight is 543 g/mol. The zero-order valence-electron chi connectivity index (χ0n) is 15.2. The first kappa shape index (κ1) is 22.9. The molecule has 0 aliphatic carbocycles. The van der Waals surface area contributed by atoms with Crippen LogP contribution in [-0.2, 0) is 9.59 Å². The Morgan fingerprint density at radius 1 is 1.10 bits per heavy atom. The van der Waals surface area contributed by atoms with Crippen molar-refractivity contribution in [2.24, 2.45) is 0 Å². The van der Waals surface area contributed by atoms with E-state index in [1.807, 2.05) is 12.1 Å². The van der Waals surface area contributed by atoms with Crippen LogP contribution in [0.4, 0.5) is 0 Å². The van der Waals surface area contributed by atoms with Crippen LogP contribution in [0.25, 0.3) is 6.08 Å². The van der Waals surface area contributed by atoms with Gasteiger partial charge in [-0.25, -0.2) is 0 Å². The van der Waals surface area contributed by atoms with Crippen LogP contribution in [0.15, 0.2) is 57.5 Å². The number of rotatable bonds is 6. The Morgan fingerprint density at radius 2 is 1.83 bits per heavy atom. The monoisotopic (exact) mass is 541 g/mol. The predicted octanol–water partition coefficient (Wildman–Crippen LogP) is 3.33. The topological polar surface area (TPSA) is 88.7 Å². The van der Waals surface area contributed by atoms with E-state index in [4.69, 9.17) is 21.7 Å². The summed E-state index contributed by atoms with van der Waals surface area (Å²) in [4.78, 5) is 23.7. The largest absolute Gasteiger partial charge is 0.497 e. The molecule has 2 amide bonds. The second kappa shape index (κ2) is 11.5. The summed E-state index contributed by atoms with van der Waals surface area (Å²) < 4.78 is 12.1. The highest BCUT2D eigenvalue weighted by Gasteiger charge is 2.07. The molecule has 0 saturated carbocycles. The van der Waals surface area contributed by atoms with Gasteiger partial charge in [0.05, 0.1) is 11.6 Å². The SMILES string of the molecule is COc1ccc(C=CC(=O)NC(=S)NNC(=O)COc2ccc(Br)cc2Br)cc1. The Labute approximate surface area is 190 Å². The van der Waals surface area contributed by atoms with E-state index < -0.39 is 11.8 Å². The highest BCUT2D eigenvalue weighted by Crippen LogP contribution is 2.28. The van der Waals surface area contributed by atoms with Crippen LogP contribution in [0.5, 0.6) is 11.5 Å². The lowest BCUT2D eigenvalue weighted by atomic mass is 10.2. The molecule has 0 aromatic heterocycles. The number of thiocarbonyl (C=S) groups is 1. The number of halogens is 2. The molecule has 0 bridgehead atoms. The summed E-state index contributed by atoms with van der Waals surface area (Å²) in [7, 11) is 1.58. The fourth-order valence-corrected chi connectivity index (χ4v) is 3.28. The molecule has 2 aromatic carbocycles. The predicted molar refractivity (Wildman–Crippen MR) is 121 cm³/mol. The molecule has 0 unspecified atom stereocenters. The van der Waals surface area contributed by atoms with Crippen molar-refractivity contribution in [3.05, 3.63) is 63.0 Å². The van der Waals surface area contributed by atoms with Crippen molar-refractivity contribution < 1.29 is 19.1 Å². The van der Waals surface area contributed by atoms with E-state index >= 15 is 0 Å². The summed E-state index contributed by atoms with van der Waals surface area (Å²) in [5.41, 5.74) is 5.60. The van der Waals surface area contributed by atoms with Gasteiger partial charge in [0.25, 0.3) is 5.91 Å². The standard InChI is InChI=1S/C19H17Br2N3O4S/c1-27-14-6-2-12(3-7-14)4-9-17(25)22-19(29)24-23-18(26)11-28-16-8-5-13(20)10-15(16)21/h2-10H,11H2,1H3,(H,23,26)(H2,22,24,25,29). The minimum Gasteiger partial charge on any atom is -0.497 e. The first-order valence-corrected chi connectivity index (χ1v) is 10.2. The van der Waals surface area contributed by atoms with Crippen molar-refractivity contribution in [1.82, 2.24) is 16.2 Å². The molecule has 2 aromatic rings. The van der Waals surface area contributed by atoms with E-state index in [0.717, 1.165) is 15.8 Å². The second-order valence-electron chi connectivity index (χ2n) is 5.46. The number of hydrogen-bond acceptors (Lipinski definition) is 5. The van der Waals surface area contributed by atoms with Crippen molar-refractivity contribution in [1.29, 1.82) is 0 Å². The van der Waals surface area contributed by atoms with Crippen molar-refractivity contribution in [2.45, 2.75) is 0 Å². The molecule has 0 atom stereocenters. The Kier molecular flexibility index (Phi) is 9.10. The molecular weight excluding hydrogens is 526 g/mol. The Bertz CT molecular complexity index is 920. The van der Waals surface area contributed by atoms with Crippen molar-refractivity contribution in [2.75, 3.05) is 13.7 Å². The fraction of sp³-hybridized carbons (Fsp3) is 0.105. The summed E-state index contributed by atoms with van der Waals surface area (Å²) in [5.74, 6) is 0.333. The summed E-state index contributed by atoms with van der Waals surface area (Å²) in [6, 6.07) is 12.5. The lowest BCUT2D eigenvalue weighted by Gasteiger charge is -2.11. The van der Waals surface area contributed by atoms with Crippen LogP contribution < -0.4 is 25.6 Å². The smallest absolute Gasteiger partial charge is 0.276 e. The molecule has 29 heavy (non-hydrogen) atoms. The van der Waals surface area contributed by atoms with Gasteiger partial charge >= 0.3 is 0 Å². The zero-order valence-corrected chi connectivity index (χ0v) is 19.2. The number of hydrazine groups is 1. The summed E-state index contributed by atoms with van der Waals surface area (Å²) in [6.45, 7) is -0.235. The average Bonchev–Trinajstić information content (AvgIpc) is 2.70. The third-order valence-corrected chi connectivity index (χ3v) is 4.66. The van der Waals surface area contributed by atoms with E-state index in [-0.39, 0.29) is 11.7 Å². The molecule has 0 radical (unpaired) electrons. The molecule has 0 heterocycles.